The summed E-state index contributed by atoms with van der Waals surface area (Å²) < 4.78 is 6.95. The minimum Gasteiger partial charge on any atom is -0.504 e. The number of benzene rings is 2. The molecule has 0 aliphatic carbocycles. The number of hydrogen-bond acceptors (Lipinski definition) is 5. The first-order chi connectivity index (χ1) is 11.5. The van der Waals surface area contributed by atoms with Crippen molar-refractivity contribution in [2.45, 2.75) is 6.92 Å². The molecule has 0 fully saturated rings. The molecule has 0 radical (unpaired) electrons. The van der Waals surface area contributed by atoms with Crippen LogP contribution in [0.2, 0.25) is 0 Å². The van der Waals surface area contributed by atoms with Crippen LogP contribution in [0.4, 0.5) is 0 Å². The molecule has 0 unspecified atom stereocenters. The van der Waals surface area contributed by atoms with Gasteiger partial charge in [0, 0.05) is 10.0 Å². The molecule has 0 spiro atoms. The molecule has 0 atom stereocenters. The summed E-state index contributed by atoms with van der Waals surface area (Å²) in [6.45, 7) is 1.71. The molecule has 1 heterocycles. The van der Waals surface area contributed by atoms with E-state index in [4.69, 9.17) is 4.74 Å². The van der Waals surface area contributed by atoms with Crippen molar-refractivity contribution in [2.75, 3.05) is 7.11 Å². The second-order valence-corrected chi connectivity index (χ2v) is 5.94. The lowest BCUT2D eigenvalue weighted by Gasteiger charge is -2.07. The quantitative estimate of drug-likeness (QED) is 0.700. The maximum atomic E-state index is 12.6. The van der Waals surface area contributed by atoms with Gasteiger partial charge in [-0.3, -0.25) is 4.79 Å². The van der Waals surface area contributed by atoms with Crippen molar-refractivity contribution in [3.63, 3.8) is 0 Å². The summed E-state index contributed by atoms with van der Waals surface area (Å²) in [6, 6.07) is 10.2. The van der Waals surface area contributed by atoms with Gasteiger partial charge in [0.05, 0.1) is 24.2 Å². The third kappa shape index (κ3) is 2.90. The van der Waals surface area contributed by atoms with Gasteiger partial charge in [-0.15, -0.1) is 0 Å². The molecular formula is C17H14BrN3O3. The molecule has 7 heteroatoms. The standard InChI is InChI=1S/C17H14BrN3O3/c1-10-20-14-6-4-3-5-12(14)17(23)21(10)19-9-11-7-15(22)16(24-2)8-13(11)18/h3-9,22H,1-2H3. The fourth-order valence-corrected chi connectivity index (χ4v) is 2.74. The maximum Gasteiger partial charge on any atom is 0.282 e. The Kier molecular flexibility index (Phi) is 4.35. The number of phenols is 1. The number of phenolic OH excluding ortho intramolecular Hbond substituents is 1. The van der Waals surface area contributed by atoms with Gasteiger partial charge in [0.25, 0.3) is 5.56 Å². The van der Waals surface area contributed by atoms with E-state index in [0.717, 1.165) is 0 Å². The van der Waals surface area contributed by atoms with Gasteiger partial charge in [0.2, 0.25) is 0 Å². The number of ether oxygens (including phenoxy) is 1. The SMILES string of the molecule is COc1cc(Br)c(C=Nn2c(C)nc3ccccc3c2=O)cc1O. The van der Waals surface area contributed by atoms with E-state index in [1.54, 1.807) is 31.2 Å². The Morgan fingerprint density at radius 2 is 2.08 bits per heavy atom. The van der Waals surface area contributed by atoms with Crippen LogP contribution in [0.25, 0.3) is 10.9 Å². The van der Waals surface area contributed by atoms with Crippen molar-refractivity contribution in [1.82, 2.24) is 9.66 Å². The number of aromatic hydroxyl groups is 1. The van der Waals surface area contributed by atoms with Crippen molar-refractivity contribution in [3.8, 4) is 11.5 Å². The van der Waals surface area contributed by atoms with E-state index in [2.05, 4.69) is 26.0 Å². The van der Waals surface area contributed by atoms with Crippen LogP contribution in [0.15, 0.2) is 50.8 Å². The zero-order valence-electron chi connectivity index (χ0n) is 13.0. The maximum absolute atomic E-state index is 12.6. The van der Waals surface area contributed by atoms with Crippen LogP contribution in [0.3, 0.4) is 0 Å². The van der Waals surface area contributed by atoms with Crippen LogP contribution < -0.4 is 10.3 Å². The van der Waals surface area contributed by atoms with Gasteiger partial charge in [0.15, 0.2) is 11.5 Å². The summed E-state index contributed by atoms with van der Waals surface area (Å²) in [7, 11) is 1.47. The lowest BCUT2D eigenvalue weighted by atomic mass is 10.2. The third-order valence-electron chi connectivity index (χ3n) is 3.53. The highest BCUT2D eigenvalue weighted by atomic mass is 79.9. The summed E-state index contributed by atoms with van der Waals surface area (Å²) in [4.78, 5) is 16.9. The van der Waals surface area contributed by atoms with Gasteiger partial charge in [0.1, 0.15) is 5.82 Å². The average molecular weight is 388 g/mol. The number of hydrogen-bond donors (Lipinski definition) is 1. The molecule has 0 saturated carbocycles. The molecular weight excluding hydrogens is 374 g/mol. The summed E-state index contributed by atoms with van der Waals surface area (Å²) in [5, 5.41) is 14.6. The van der Waals surface area contributed by atoms with E-state index in [0.29, 0.717) is 32.5 Å². The molecule has 6 nitrogen and oxygen atoms in total. The fraction of sp³-hybridized carbons (Fsp3) is 0.118. The first-order valence-electron chi connectivity index (χ1n) is 7.10. The molecule has 3 rings (SSSR count). The first kappa shape index (κ1) is 16.2. The molecule has 1 N–H and O–H groups in total. The molecule has 122 valence electrons. The molecule has 0 saturated heterocycles. The highest BCUT2D eigenvalue weighted by Gasteiger charge is 2.09. The topological polar surface area (TPSA) is 76.7 Å². The van der Waals surface area contributed by atoms with Gasteiger partial charge in [-0.05, 0) is 47.1 Å². The van der Waals surface area contributed by atoms with E-state index >= 15 is 0 Å². The largest absolute Gasteiger partial charge is 0.504 e. The Labute approximate surface area is 146 Å². The predicted octanol–water partition coefficient (Wildman–Crippen LogP) is 3.06. The first-order valence-corrected chi connectivity index (χ1v) is 7.90. The molecule has 1 aromatic heterocycles. The Morgan fingerprint density at radius 3 is 2.83 bits per heavy atom. The van der Waals surface area contributed by atoms with E-state index in [9.17, 15) is 9.90 Å². The monoisotopic (exact) mass is 387 g/mol. The number of fused-ring (bicyclic) bond motifs is 1. The molecule has 24 heavy (non-hydrogen) atoms. The van der Waals surface area contributed by atoms with Gasteiger partial charge in [-0.25, -0.2) is 4.98 Å². The summed E-state index contributed by atoms with van der Waals surface area (Å²) in [6.07, 6.45) is 1.48. The Hall–Kier alpha value is -2.67. The molecule has 0 amide bonds. The predicted molar refractivity (Wildman–Crippen MR) is 96.1 cm³/mol. The van der Waals surface area contributed by atoms with E-state index in [1.165, 1.54) is 24.1 Å². The van der Waals surface area contributed by atoms with Crippen LogP contribution in [0, 0.1) is 6.92 Å². The highest BCUT2D eigenvalue weighted by Crippen LogP contribution is 2.31. The number of para-hydroxylation sites is 1. The van der Waals surface area contributed by atoms with Gasteiger partial charge >= 0.3 is 0 Å². The Balaban J connectivity index is 2.09. The minimum atomic E-state index is -0.247. The van der Waals surface area contributed by atoms with E-state index < -0.39 is 0 Å². The molecule has 2 aromatic carbocycles. The van der Waals surface area contributed by atoms with E-state index in [1.807, 2.05) is 6.07 Å². The van der Waals surface area contributed by atoms with Gasteiger partial charge < -0.3 is 9.84 Å². The Bertz CT molecular complexity index is 1010. The van der Waals surface area contributed by atoms with E-state index in [-0.39, 0.29) is 11.3 Å². The van der Waals surface area contributed by atoms with Crippen LogP contribution in [-0.2, 0) is 0 Å². The Morgan fingerprint density at radius 1 is 1.33 bits per heavy atom. The van der Waals surface area contributed by atoms with Gasteiger partial charge in [-0.1, -0.05) is 12.1 Å². The molecule has 0 aliphatic rings. The lowest BCUT2D eigenvalue weighted by Crippen LogP contribution is -2.20. The number of aromatic nitrogens is 2. The summed E-state index contributed by atoms with van der Waals surface area (Å²) >= 11 is 3.39. The second kappa shape index (κ2) is 6.45. The number of rotatable bonds is 3. The normalized spacial score (nSPS) is 11.3. The number of aryl methyl sites for hydroxylation is 1. The van der Waals surface area contributed by atoms with Crippen molar-refractivity contribution in [2.24, 2.45) is 5.10 Å². The average Bonchev–Trinajstić information content (AvgIpc) is 2.57. The molecule has 3 aromatic rings. The highest BCUT2D eigenvalue weighted by molar-refractivity contribution is 9.10. The second-order valence-electron chi connectivity index (χ2n) is 5.08. The van der Waals surface area contributed by atoms with Crippen LogP contribution in [-0.4, -0.2) is 28.1 Å². The van der Waals surface area contributed by atoms with Crippen molar-refractivity contribution in [1.29, 1.82) is 0 Å². The van der Waals surface area contributed by atoms with Crippen molar-refractivity contribution in [3.05, 3.63) is 62.6 Å². The number of nitrogens with zero attached hydrogens (tertiary/aromatic N) is 3. The summed E-state index contributed by atoms with van der Waals surface area (Å²) in [5.41, 5.74) is 0.991. The molecule has 0 bridgehead atoms. The zero-order chi connectivity index (χ0) is 17.3. The van der Waals surface area contributed by atoms with Crippen LogP contribution in [0.5, 0.6) is 11.5 Å². The number of halogens is 1. The van der Waals surface area contributed by atoms with Gasteiger partial charge in [-0.2, -0.15) is 9.78 Å². The third-order valence-corrected chi connectivity index (χ3v) is 4.21. The van der Waals surface area contributed by atoms with Crippen LogP contribution in [0.1, 0.15) is 11.4 Å². The van der Waals surface area contributed by atoms with Crippen molar-refractivity contribution < 1.29 is 9.84 Å². The van der Waals surface area contributed by atoms with Crippen molar-refractivity contribution >= 4 is 33.0 Å². The van der Waals surface area contributed by atoms with Crippen LogP contribution >= 0.6 is 15.9 Å². The fourth-order valence-electron chi connectivity index (χ4n) is 2.31. The molecule has 0 aliphatic heterocycles. The lowest BCUT2D eigenvalue weighted by molar-refractivity contribution is 0.373. The number of methoxy groups -OCH3 is 1. The zero-order valence-corrected chi connectivity index (χ0v) is 14.6. The smallest absolute Gasteiger partial charge is 0.282 e. The summed E-state index contributed by atoms with van der Waals surface area (Å²) in [5.74, 6) is 0.811. The minimum absolute atomic E-state index is 0.0112.